The van der Waals surface area contributed by atoms with E-state index >= 15 is 0 Å². The summed E-state index contributed by atoms with van der Waals surface area (Å²) in [7, 11) is 0. The van der Waals surface area contributed by atoms with E-state index in [0.29, 0.717) is 0 Å². The molecule has 0 radical (unpaired) electrons. The molecule has 17 heavy (non-hydrogen) atoms. The van der Waals surface area contributed by atoms with E-state index in [1.165, 1.54) is 23.1 Å². The number of rotatable bonds is 1. The van der Waals surface area contributed by atoms with Crippen LogP contribution in [0.5, 0.6) is 0 Å². The van der Waals surface area contributed by atoms with Crippen LogP contribution >= 0.6 is 11.3 Å². The maximum atomic E-state index is 4.50. The molecule has 0 bridgehead atoms. The second kappa shape index (κ2) is 4.26. The van der Waals surface area contributed by atoms with Crippen LogP contribution in [-0.2, 0) is 0 Å². The van der Waals surface area contributed by atoms with Crippen LogP contribution in [0.15, 0.2) is 12.4 Å². The Morgan fingerprint density at radius 2 is 2.29 bits per heavy atom. The fourth-order valence-corrected chi connectivity index (χ4v) is 3.44. The van der Waals surface area contributed by atoms with Gasteiger partial charge in [0, 0.05) is 18.0 Å². The smallest absolute Gasteiger partial charge is 0.140 e. The number of aryl methyl sites for hydroxylation is 1. The summed E-state index contributed by atoms with van der Waals surface area (Å²) in [6, 6.07) is 2.22. The summed E-state index contributed by atoms with van der Waals surface area (Å²) >= 11 is 1.75. The van der Waals surface area contributed by atoms with Gasteiger partial charge in [0.05, 0.1) is 5.39 Å². The molecule has 1 aliphatic heterocycles. The minimum atomic E-state index is 0.772. The maximum absolute atomic E-state index is 4.50. The Bertz CT molecular complexity index is 534. The Labute approximate surface area is 106 Å². The molecule has 1 saturated heterocycles. The fourth-order valence-electron chi connectivity index (χ4n) is 2.60. The molecule has 0 spiro atoms. The molecule has 0 aliphatic carbocycles. The Morgan fingerprint density at radius 1 is 1.41 bits per heavy atom. The zero-order valence-corrected chi connectivity index (χ0v) is 11.1. The zero-order chi connectivity index (χ0) is 11.8. The van der Waals surface area contributed by atoms with Crippen molar-refractivity contribution in [1.29, 1.82) is 0 Å². The van der Waals surface area contributed by atoms with E-state index in [0.717, 1.165) is 29.7 Å². The fraction of sp³-hybridized carbons (Fsp3) is 0.538. The quantitative estimate of drug-likeness (QED) is 0.774. The summed E-state index contributed by atoms with van der Waals surface area (Å²) in [6.07, 6.45) is 4.32. The van der Waals surface area contributed by atoms with Gasteiger partial charge in [0.2, 0.25) is 0 Å². The molecule has 3 nitrogen and oxygen atoms in total. The summed E-state index contributed by atoms with van der Waals surface area (Å²) in [5.74, 6) is 1.90. The highest BCUT2D eigenvalue weighted by molar-refractivity contribution is 7.18. The molecule has 90 valence electrons. The van der Waals surface area contributed by atoms with Crippen LogP contribution in [0.4, 0.5) is 5.82 Å². The van der Waals surface area contributed by atoms with E-state index in [4.69, 9.17) is 0 Å². The van der Waals surface area contributed by atoms with Gasteiger partial charge in [-0.1, -0.05) is 6.92 Å². The summed E-state index contributed by atoms with van der Waals surface area (Å²) in [5.41, 5.74) is 0. The first-order valence-electron chi connectivity index (χ1n) is 6.20. The lowest BCUT2D eigenvalue weighted by molar-refractivity contribution is 0.445. The lowest BCUT2D eigenvalue weighted by atomic mass is 10.0. The average Bonchev–Trinajstić information content (AvgIpc) is 2.68. The molecule has 3 rings (SSSR count). The number of hydrogen-bond acceptors (Lipinski definition) is 4. The Kier molecular flexibility index (Phi) is 2.74. The van der Waals surface area contributed by atoms with Crippen molar-refractivity contribution in [1.82, 2.24) is 9.97 Å². The predicted molar refractivity (Wildman–Crippen MR) is 72.8 cm³/mol. The standard InChI is InChI=1S/C13H17N3S/c1-9-4-3-5-16(7-9)12-11-6-10(2)17-13(11)15-8-14-12/h6,8-9H,3-5,7H2,1-2H3/t9-/m1/s1. The van der Waals surface area contributed by atoms with E-state index in [9.17, 15) is 0 Å². The number of anilines is 1. The van der Waals surface area contributed by atoms with Crippen LogP contribution in [0, 0.1) is 12.8 Å². The molecule has 3 heterocycles. The van der Waals surface area contributed by atoms with Crippen LogP contribution in [0.25, 0.3) is 10.2 Å². The van der Waals surface area contributed by atoms with Crippen molar-refractivity contribution in [3.05, 3.63) is 17.3 Å². The summed E-state index contributed by atoms with van der Waals surface area (Å²) in [6.45, 7) is 6.71. The van der Waals surface area contributed by atoms with Gasteiger partial charge in [-0.15, -0.1) is 11.3 Å². The molecule has 0 N–H and O–H groups in total. The third-order valence-corrected chi connectivity index (χ3v) is 4.35. The Hall–Kier alpha value is -1.16. The largest absolute Gasteiger partial charge is 0.356 e. The maximum Gasteiger partial charge on any atom is 0.140 e. The normalized spacial score (nSPS) is 21.1. The molecule has 0 aromatic carbocycles. The van der Waals surface area contributed by atoms with E-state index in [2.05, 4.69) is 34.8 Å². The SMILES string of the molecule is Cc1cc2c(N3CCC[C@@H](C)C3)ncnc2s1. The van der Waals surface area contributed by atoms with Crippen molar-refractivity contribution in [2.75, 3.05) is 18.0 Å². The monoisotopic (exact) mass is 247 g/mol. The van der Waals surface area contributed by atoms with Crippen molar-refractivity contribution >= 4 is 27.4 Å². The van der Waals surface area contributed by atoms with Crippen molar-refractivity contribution in [2.45, 2.75) is 26.7 Å². The van der Waals surface area contributed by atoms with Gasteiger partial charge in [0.25, 0.3) is 0 Å². The lowest BCUT2D eigenvalue weighted by Crippen LogP contribution is -2.34. The first-order chi connectivity index (χ1) is 8.24. The Balaban J connectivity index is 2.04. The minimum Gasteiger partial charge on any atom is -0.356 e. The number of piperidine rings is 1. The molecule has 2 aromatic rings. The van der Waals surface area contributed by atoms with E-state index < -0.39 is 0 Å². The second-order valence-electron chi connectivity index (χ2n) is 4.97. The van der Waals surface area contributed by atoms with Crippen molar-refractivity contribution < 1.29 is 0 Å². The van der Waals surface area contributed by atoms with Crippen LogP contribution in [0.3, 0.4) is 0 Å². The van der Waals surface area contributed by atoms with Gasteiger partial charge in [-0.05, 0) is 31.7 Å². The molecule has 2 aromatic heterocycles. The van der Waals surface area contributed by atoms with Gasteiger partial charge in [0.1, 0.15) is 17.0 Å². The van der Waals surface area contributed by atoms with Gasteiger partial charge in [-0.2, -0.15) is 0 Å². The number of thiophene rings is 1. The second-order valence-corrected chi connectivity index (χ2v) is 6.20. The molecule has 1 atom stereocenters. The highest BCUT2D eigenvalue weighted by Gasteiger charge is 2.20. The summed E-state index contributed by atoms with van der Waals surface area (Å²) < 4.78 is 0. The van der Waals surface area contributed by atoms with E-state index in [1.807, 2.05) is 0 Å². The van der Waals surface area contributed by atoms with Crippen molar-refractivity contribution in [3.63, 3.8) is 0 Å². The average molecular weight is 247 g/mol. The molecular weight excluding hydrogens is 230 g/mol. The van der Waals surface area contributed by atoms with Gasteiger partial charge >= 0.3 is 0 Å². The van der Waals surface area contributed by atoms with Crippen LogP contribution in [-0.4, -0.2) is 23.1 Å². The lowest BCUT2D eigenvalue weighted by Gasteiger charge is -2.32. The molecule has 1 aliphatic rings. The van der Waals surface area contributed by atoms with Crippen molar-refractivity contribution in [2.24, 2.45) is 5.92 Å². The topological polar surface area (TPSA) is 29.0 Å². The first kappa shape index (κ1) is 11.0. The Morgan fingerprint density at radius 3 is 3.12 bits per heavy atom. The van der Waals surface area contributed by atoms with E-state index in [-0.39, 0.29) is 0 Å². The third-order valence-electron chi connectivity index (χ3n) is 3.39. The van der Waals surface area contributed by atoms with Crippen LogP contribution in [0.1, 0.15) is 24.6 Å². The predicted octanol–water partition coefficient (Wildman–Crippen LogP) is 3.24. The molecule has 4 heteroatoms. The van der Waals surface area contributed by atoms with E-state index in [1.54, 1.807) is 17.7 Å². The molecule has 0 unspecified atom stereocenters. The number of fused-ring (bicyclic) bond motifs is 1. The van der Waals surface area contributed by atoms with Gasteiger partial charge in [-0.3, -0.25) is 0 Å². The van der Waals surface area contributed by atoms with Crippen LogP contribution in [0.2, 0.25) is 0 Å². The van der Waals surface area contributed by atoms with Crippen LogP contribution < -0.4 is 4.90 Å². The summed E-state index contributed by atoms with van der Waals surface area (Å²) in [5, 5.41) is 1.23. The minimum absolute atomic E-state index is 0.772. The first-order valence-corrected chi connectivity index (χ1v) is 7.02. The number of aromatic nitrogens is 2. The highest BCUT2D eigenvalue weighted by atomic mass is 32.1. The highest BCUT2D eigenvalue weighted by Crippen LogP contribution is 2.31. The molecular formula is C13H17N3S. The molecule has 0 amide bonds. The van der Waals surface area contributed by atoms with Crippen molar-refractivity contribution in [3.8, 4) is 0 Å². The number of nitrogens with zero attached hydrogens (tertiary/aromatic N) is 3. The number of hydrogen-bond donors (Lipinski definition) is 0. The summed E-state index contributed by atoms with van der Waals surface area (Å²) in [4.78, 5) is 13.7. The zero-order valence-electron chi connectivity index (χ0n) is 10.3. The van der Waals surface area contributed by atoms with Gasteiger partial charge in [-0.25, -0.2) is 9.97 Å². The molecule has 0 saturated carbocycles. The van der Waals surface area contributed by atoms with Gasteiger partial charge in [0.15, 0.2) is 0 Å². The van der Waals surface area contributed by atoms with Gasteiger partial charge < -0.3 is 4.90 Å². The third kappa shape index (κ3) is 2.02. The molecule has 1 fully saturated rings.